The third-order valence-electron chi connectivity index (χ3n) is 9.20. The SMILES string of the molecule is O=C(N[C@@H](Cc1ccccc1)C(=O)OCc1ccc([N+](=O)[O-])cc1)c1ccc(C23CC4CC(CC(C4)C2)C3)cc1. The number of rotatable bonds is 9. The van der Waals surface area contributed by atoms with Crippen molar-refractivity contribution < 1.29 is 19.2 Å². The summed E-state index contributed by atoms with van der Waals surface area (Å²) in [5, 5.41) is 13.8. The molecule has 0 radical (unpaired) electrons. The van der Waals surface area contributed by atoms with E-state index >= 15 is 0 Å². The fourth-order valence-electron chi connectivity index (χ4n) is 7.69. The van der Waals surface area contributed by atoms with Crippen LogP contribution in [0.4, 0.5) is 5.69 Å². The molecule has 0 aromatic heterocycles. The maximum atomic E-state index is 13.3. The highest BCUT2D eigenvalue weighted by Gasteiger charge is 2.51. The van der Waals surface area contributed by atoms with Crippen LogP contribution in [0.5, 0.6) is 0 Å². The van der Waals surface area contributed by atoms with Gasteiger partial charge in [0.2, 0.25) is 0 Å². The lowest BCUT2D eigenvalue weighted by atomic mass is 9.48. The number of hydrogen-bond donors (Lipinski definition) is 1. The summed E-state index contributed by atoms with van der Waals surface area (Å²) in [6.45, 7) is -0.0439. The Bertz CT molecular complexity index is 1350. The van der Waals surface area contributed by atoms with Gasteiger partial charge in [-0.1, -0.05) is 42.5 Å². The molecule has 1 atom stereocenters. The number of amides is 1. The Morgan fingerprint density at radius 3 is 2.02 bits per heavy atom. The van der Waals surface area contributed by atoms with Crippen LogP contribution in [-0.2, 0) is 28.0 Å². The van der Waals surface area contributed by atoms with Crippen LogP contribution >= 0.6 is 0 Å². The molecule has 0 unspecified atom stereocenters. The number of nitro benzene ring substituents is 1. The van der Waals surface area contributed by atoms with Gasteiger partial charge in [-0.2, -0.15) is 0 Å². The quantitative estimate of drug-likeness (QED) is 0.200. The molecule has 4 bridgehead atoms. The molecular formula is C33H34N2O5. The molecule has 0 aliphatic heterocycles. The van der Waals surface area contributed by atoms with Crippen LogP contribution < -0.4 is 5.32 Å². The summed E-state index contributed by atoms with van der Waals surface area (Å²) in [6, 6.07) is 22.5. The minimum Gasteiger partial charge on any atom is -0.459 e. The Balaban J connectivity index is 1.14. The van der Waals surface area contributed by atoms with Crippen molar-refractivity contribution >= 4 is 17.6 Å². The van der Waals surface area contributed by atoms with Gasteiger partial charge < -0.3 is 10.1 Å². The first-order valence-corrected chi connectivity index (χ1v) is 14.2. The van der Waals surface area contributed by atoms with E-state index in [4.69, 9.17) is 4.74 Å². The number of non-ortho nitro benzene ring substituents is 1. The van der Waals surface area contributed by atoms with Crippen LogP contribution in [0, 0.1) is 27.9 Å². The number of carbonyl (C=O) groups excluding carboxylic acids is 2. The van der Waals surface area contributed by atoms with Crippen molar-refractivity contribution in [2.24, 2.45) is 17.8 Å². The minimum atomic E-state index is -0.879. The maximum absolute atomic E-state index is 13.3. The predicted molar refractivity (Wildman–Crippen MR) is 151 cm³/mol. The van der Waals surface area contributed by atoms with Gasteiger partial charge >= 0.3 is 5.97 Å². The molecular weight excluding hydrogens is 504 g/mol. The van der Waals surface area contributed by atoms with Gasteiger partial charge in [-0.15, -0.1) is 0 Å². The summed E-state index contributed by atoms with van der Waals surface area (Å²) in [6.07, 6.45) is 8.27. The summed E-state index contributed by atoms with van der Waals surface area (Å²) in [5.41, 5.74) is 3.64. The van der Waals surface area contributed by atoms with Crippen molar-refractivity contribution in [3.63, 3.8) is 0 Å². The molecule has 4 saturated carbocycles. The van der Waals surface area contributed by atoms with E-state index in [-0.39, 0.29) is 30.0 Å². The van der Waals surface area contributed by atoms with E-state index < -0.39 is 16.9 Å². The van der Waals surface area contributed by atoms with Crippen molar-refractivity contribution in [1.29, 1.82) is 0 Å². The number of nitro groups is 1. The zero-order valence-electron chi connectivity index (χ0n) is 22.5. The fourth-order valence-corrected chi connectivity index (χ4v) is 7.69. The fraction of sp³-hybridized carbons (Fsp3) is 0.394. The molecule has 4 aliphatic rings. The number of carbonyl (C=O) groups is 2. The number of esters is 1. The normalized spacial score (nSPS) is 25.2. The van der Waals surface area contributed by atoms with Crippen LogP contribution in [0.25, 0.3) is 0 Å². The molecule has 206 valence electrons. The summed E-state index contributed by atoms with van der Waals surface area (Å²) in [5.74, 6) is 1.69. The number of nitrogens with zero attached hydrogens (tertiary/aromatic N) is 1. The molecule has 3 aromatic carbocycles. The zero-order chi connectivity index (χ0) is 27.7. The van der Waals surface area contributed by atoms with Gasteiger partial charge in [0.05, 0.1) is 4.92 Å². The van der Waals surface area contributed by atoms with Crippen LogP contribution in [0.1, 0.15) is 65.6 Å². The second-order valence-corrected chi connectivity index (χ2v) is 12.0. The van der Waals surface area contributed by atoms with Gasteiger partial charge in [-0.25, -0.2) is 4.79 Å². The van der Waals surface area contributed by atoms with E-state index in [0.717, 1.165) is 23.3 Å². The molecule has 0 heterocycles. The van der Waals surface area contributed by atoms with Crippen molar-refractivity contribution in [2.75, 3.05) is 0 Å². The number of nitrogens with one attached hydrogen (secondary N) is 1. The number of hydrogen-bond acceptors (Lipinski definition) is 5. The van der Waals surface area contributed by atoms with Gasteiger partial charge in [0.15, 0.2) is 0 Å². The van der Waals surface area contributed by atoms with Crippen molar-refractivity contribution in [3.8, 4) is 0 Å². The highest BCUT2D eigenvalue weighted by atomic mass is 16.6. The largest absolute Gasteiger partial charge is 0.459 e. The van der Waals surface area contributed by atoms with Crippen molar-refractivity contribution in [3.05, 3.63) is 111 Å². The third kappa shape index (κ3) is 5.51. The Hall–Kier alpha value is -4.00. The minimum absolute atomic E-state index is 0.0292. The van der Waals surface area contributed by atoms with E-state index in [1.807, 2.05) is 42.5 Å². The van der Waals surface area contributed by atoms with Gasteiger partial charge in [0, 0.05) is 24.1 Å². The average Bonchev–Trinajstić information content (AvgIpc) is 2.95. The summed E-state index contributed by atoms with van der Waals surface area (Å²) >= 11 is 0. The lowest BCUT2D eigenvalue weighted by Crippen LogP contribution is -2.48. The van der Waals surface area contributed by atoms with Crippen LogP contribution in [-0.4, -0.2) is 22.8 Å². The van der Waals surface area contributed by atoms with E-state index in [0.29, 0.717) is 11.1 Å². The second-order valence-electron chi connectivity index (χ2n) is 12.0. The number of ether oxygens (including phenoxy) is 1. The first-order chi connectivity index (χ1) is 19.4. The first-order valence-electron chi connectivity index (χ1n) is 14.2. The lowest BCUT2D eigenvalue weighted by Gasteiger charge is -2.57. The monoisotopic (exact) mass is 538 g/mol. The Morgan fingerprint density at radius 2 is 1.45 bits per heavy atom. The van der Waals surface area contributed by atoms with Gasteiger partial charge in [0.25, 0.3) is 11.6 Å². The van der Waals surface area contributed by atoms with E-state index in [1.54, 1.807) is 12.1 Å². The van der Waals surface area contributed by atoms with Crippen LogP contribution in [0.15, 0.2) is 78.9 Å². The van der Waals surface area contributed by atoms with Crippen molar-refractivity contribution in [1.82, 2.24) is 5.32 Å². The highest BCUT2D eigenvalue weighted by Crippen LogP contribution is 2.60. The Kier molecular flexibility index (Phi) is 7.13. The predicted octanol–water partition coefficient (Wildman–Crippen LogP) is 6.15. The van der Waals surface area contributed by atoms with Crippen LogP contribution in [0.2, 0.25) is 0 Å². The number of benzene rings is 3. The highest BCUT2D eigenvalue weighted by molar-refractivity contribution is 5.96. The van der Waals surface area contributed by atoms with E-state index in [9.17, 15) is 19.7 Å². The second kappa shape index (κ2) is 10.9. The average molecular weight is 539 g/mol. The van der Waals surface area contributed by atoms with Crippen LogP contribution in [0.3, 0.4) is 0 Å². The van der Waals surface area contributed by atoms with Gasteiger partial charge in [-0.05, 0) is 103 Å². The van der Waals surface area contributed by atoms with E-state index in [1.165, 1.54) is 56.2 Å². The molecule has 40 heavy (non-hydrogen) atoms. The molecule has 4 aliphatic carbocycles. The molecule has 1 N–H and O–H groups in total. The molecule has 1 amide bonds. The topological polar surface area (TPSA) is 98.5 Å². The van der Waals surface area contributed by atoms with Gasteiger partial charge in [0.1, 0.15) is 12.6 Å². The molecule has 7 nitrogen and oxygen atoms in total. The molecule has 7 rings (SSSR count). The first kappa shape index (κ1) is 26.2. The smallest absolute Gasteiger partial charge is 0.329 e. The summed E-state index contributed by atoms with van der Waals surface area (Å²) in [4.78, 5) is 36.9. The molecule has 3 aromatic rings. The van der Waals surface area contributed by atoms with Gasteiger partial charge in [-0.3, -0.25) is 14.9 Å². The lowest BCUT2D eigenvalue weighted by molar-refractivity contribution is -0.384. The third-order valence-corrected chi connectivity index (χ3v) is 9.20. The zero-order valence-corrected chi connectivity index (χ0v) is 22.5. The standard InChI is InChI=1S/C33H34N2O5/c36-31(27-8-10-28(11-9-27)33-18-24-14-25(19-33)16-26(15-24)20-33)34-30(17-22-4-2-1-3-5-22)32(37)40-21-23-6-12-29(13-7-23)35(38)39/h1-13,24-26,30H,14-21H2,(H,34,36)/t24?,25?,26?,30-,33?/m0/s1. The molecule has 0 saturated heterocycles. The summed E-state index contributed by atoms with van der Waals surface area (Å²) in [7, 11) is 0. The Labute approximate surface area is 234 Å². The van der Waals surface area contributed by atoms with Crippen molar-refractivity contribution in [2.45, 2.75) is 63.0 Å². The Morgan fingerprint density at radius 1 is 0.850 bits per heavy atom. The molecule has 4 fully saturated rings. The maximum Gasteiger partial charge on any atom is 0.329 e. The summed E-state index contributed by atoms with van der Waals surface area (Å²) < 4.78 is 5.53. The molecule has 0 spiro atoms. The van der Waals surface area contributed by atoms with E-state index in [2.05, 4.69) is 17.4 Å². The molecule has 7 heteroatoms.